The largest absolute Gasteiger partial charge is 0.396 e. The van der Waals surface area contributed by atoms with Gasteiger partial charge in [-0.2, -0.15) is 0 Å². The lowest BCUT2D eigenvalue weighted by Crippen LogP contribution is -2.28. The fourth-order valence-corrected chi connectivity index (χ4v) is 0.888. The molecular formula is C6H12O4. The fourth-order valence-electron chi connectivity index (χ4n) is 0.888. The molecule has 1 aliphatic heterocycles. The summed E-state index contributed by atoms with van der Waals surface area (Å²) in [5.41, 5.74) is 0. The molecule has 60 valence electrons. The van der Waals surface area contributed by atoms with E-state index in [9.17, 15) is 5.11 Å². The summed E-state index contributed by atoms with van der Waals surface area (Å²) in [6, 6.07) is 0. The van der Waals surface area contributed by atoms with Crippen LogP contribution in [0.1, 0.15) is 6.42 Å². The lowest BCUT2D eigenvalue weighted by molar-refractivity contribution is -0.0180. The van der Waals surface area contributed by atoms with Crippen LogP contribution in [0.25, 0.3) is 0 Å². The molecule has 0 aromatic carbocycles. The van der Waals surface area contributed by atoms with E-state index in [0.29, 0.717) is 13.0 Å². The minimum atomic E-state index is -0.590. The Morgan fingerprint density at radius 1 is 1.60 bits per heavy atom. The Morgan fingerprint density at radius 2 is 2.40 bits per heavy atom. The van der Waals surface area contributed by atoms with Gasteiger partial charge in [-0.1, -0.05) is 0 Å². The van der Waals surface area contributed by atoms with Gasteiger partial charge in [0.1, 0.15) is 12.9 Å². The van der Waals surface area contributed by atoms with Crippen molar-refractivity contribution in [2.75, 3.05) is 20.0 Å². The van der Waals surface area contributed by atoms with Crippen LogP contribution in [0.15, 0.2) is 0 Å². The monoisotopic (exact) mass is 148 g/mol. The zero-order chi connectivity index (χ0) is 7.40. The molecule has 1 heterocycles. The van der Waals surface area contributed by atoms with E-state index in [4.69, 9.17) is 14.6 Å². The molecule has 0 amide bonds. The predicted molar refractivity (Wildman–Crippen MR) is 33.4 cm³/mol. The third-order valence-corrected chi connectivity index (χ3v) is 1.50. The topological polar surface area (TPSA) is 58.9 Å². The van der Waals surface area contributed by atoms with Crippen LogP contribution in [-0.4, -0.2) is 42.4 Å². The van der Waals surface area contributed by atoms with Gasteiger partial charge in [0, 0.05) is 6.61 Å². The summed E-state index contributed by atoms with van der Waals surface area (Å²) in [6.45, 7) is 0.676. The van der Waals surface area contributed by atoms with Crippen molar-refractivity contribution in [3.8, 4) is 0 Å². The van der Waals surface area contributed by atoms with E-state index in [1.807, 2.05) is 0 Å². The minimum absolute atomic E-state index is 0.0129. The molecule has 0 bridgehead atoms. The normalized spacial score (nSPS) is 28.8. The standard InChI is InChI=1S/C6H12O4/c7-2-1-5(8)6-3-9-4-10-6/h5-8H,1-4H2. The summed E-state index contributed by atoms with van der Waals surface area (Å²) < 4.78 is 9.84. The summed E-state index contributed by atoms with van der Waals surface area (Å²) in [4.78, 5) is 0. The smallest absolute Gasteiger partial charge is 0.147 e. The second kappa shape index (κ2) is 3.88. The number of hydrogen-bond acceptors (Lipinski definition) is 4. The van der Waals surface area contributed by atoms with Crippen molar-refractivity contribution >= 4 is 0 Å². The molecule has 1 aliphatic rings. The molecular weight excluding hydrogens is 136 g/mol. The lowest BCUT2D eigenvalue weighted by Gasteiger charge is -2.13. The van der Waals surface area contributed by atoms with E-state index in [-0.39, 0.29) is 19.5 Å². The van der Waals surface area contributed by atoms with Gasteiger partial charge in [0.25, 0.3) is 0 Å². The first kappa shape index (κ1) is 7.94. The molecule has 0 aliphatic carbocycles. The number of ether oxygens (including phenoxy) is 2. The molecule has 2 N–H and O–H groups in total. The van der Waals surface area contributed by atoms with Gasteiger partial charge in [-0.05, 0) is 6.42 Å². The van der Waals surface area contributed by atoms with Crippen LogP contribution < -0.4 is 0 Å². The van der Waals surface area contributed by atoms with Crippen molar-refractivity contribution in [3.05, 3.63) is 0 Å². The van der Waals surface area contributed by atoms with Crippen LogP contribution >= 0.6 is 0 Å². The maximum absolute atomic E-state index is 9.18. The van der Waals surface area contributed by atoms with Crippen LogP contribution in [0.4, 0.5) is 0 Å². The van der Waals surface area contributed by atoms with Crippen molar-refractivity contribution in [2.24, 2.45) is 0 Å². The Morgan fingerprint density at radius 3 is 2.90 bits per heavy atom. The Kier molecular flexibility index (Phi) is 3.08. The van der Waals surface area contributed by atoms with Crippen LogP contribution in [0.3, 0.4) is 0 Å². The fraction of sp³-hybridized carbons (Fsp3) is 1.00. The Hall–Kier alpha value is -0.160. The number of hydrogen-bond donors (Lipinski definition) is 2. The van der Waals surface area contributed by atoms with Crippen molar-refractivity contribution in [2.45, 2.75) is 18.6 Å². The van der Waals surface area contributed by atoms with E-state index >= 15 is 0 Å². The summed E-state index contributed by atoms with van der Waals surface area (Å²) in [5, 5.41) is 17.6. The van der Waals surface area contributed by atoms with Gasteiger partial charge in [-0.25, -0.2) is 0 Å². The van der Waals surface area contributed by atoms with Gasteiger partial charge in [0.2, 0.25) is 0 Å². The number of aliphatic hydroxyl groups excluding tert-OH is 2. The van der Waals surface area contributed by atoms with Crippen LogP contribution in [-0.2, 0) is 9.47 Å². The summed E-state index contributed by atoms with van der Waals surface area (Å²) in [5.74, 6) is 0. The number of rotatable bonds is 3. The van der Waals surface area contributed by atoms with Gasteiger partial charge in [0.15, 0.2) is 0 Å². The second-order valence-corrected chi connectivity index (χ2v) is 2.27. The molecule has 0 aromatic heterocycles. The molecule has 4 heteroatoms. The highest BCUT2D eigenvalue weighted by Gasteiger charge is 2.23. The van der Waals surface area contributed by atoms with Crippen molar-refractivity contribution < 1.29 is 19.7 Å². The van der Waals surface area contributed by atoms with Gasteiger partial charge in [-0.15, -0.1) is 0 Å². The van der Waals surface area contributed by atoms with Crippen molar-refractivity contribution in [1.29, 1.82) is 0 Å². The van der Waals surface area contributed by atoms with Crippen LogP contribution in [0, 0.1) is 0 Å². The molecule has 0 radical (unpaired) electrons. The summed E-state index contributed by atoms with van der Waals surface area (Å²) in [7, 11) is 0. The summed E-state index contributed by atoms with van der Waals surface area (Å²) in [6.07, 6.45) is -0.478. The lowest BCUT2D eigenvalue weighted by atomic mass is 10.1. The third kappa shape index (κ3) is 1.91. The Balaban J connectivity index is 2.18. The van der Waals surface area contributed by atoms with E-state index in [0.717, 1.165) is 0 Å². The first-order valence-corrected chi connectivity index (χ1v) is 3.33. The highest BCUT2D eigenvalue weighted by Crippen LogP contribution is 2.09. The van der Waals surface area contributed by atoms with Gasteiger partial charge >= 0.3 is 0 Å². The molecule has 0 saturated carbocycles. The Labute approximate surface area is 59.4 Å². The maximum Gasteiger partial charge on any atom is 0.147 e. The zero-order valence-electron chi connectivity index (χ0n) is 5.69. The van der Waals surface area contributed by atoms with Crippen molar-refractivity contribution in [3.63, 3.8) is 0 Å². The highest BCUT2D eigenvalue weighted by molar-refractivity contribution is 4.69. The minimum Gasteiger partial charge on any atom is -0.396 e. The Bertz CT molecular complexity index is 89.7. The van der Waals surface area contributed by atoms with Gasteiger partial charge in [-0.3, -0.25) is 0 Å². The zero-order valence-corrected chi connectivity index (χ0v) is 5.69. The molecule has 2 atom stereocenters. The molecule has 1 saturated heterocycles. The van der Waals surface area contributed by atoms with Gasteiger partial charge < -0.3 is 19.7 Å². The van der Waals surface area contributed by atoms with E-state index in [1.54, 1.807) is 0 Å². The second-order valence-electron chi connectivity index (χ2n) is 2.27. The molecule has 1 rings (SSSR count). The predicted octanol–water partition coefficient (Wildman–Crippen LogP) is -0.897. The first-order chi connectivity index (χ1) is 4.84. The van der Waals surface area contributed by atoms with Crippen LogP contribution in [0.2, 0.25) is 0 Å². The third-order valence-electron chi connectivity index (χ3n) is 1.50. The van der Waals surface area contributed by atoms with E-state index < -0.39 is 6.10 Å². The molecule has 2 unspecified atom stereocenters. The van der Waals surface area contributed by atoms with Crippen molar-refractivity contribution in [1.82, 2.24) is 0 Å². The first-order valence-electron chi connectivity index (χ1n) is 3.33. The van der Waals surface area contributed by atoms with Gasteiger partial charge in [0.05, 0.1) is 12.7 Å². The molecule has 0 spiro atoms. The SMILES string of the molecule is OCCC(O)C1COCO1. The highest BCUT2D eigenvalue weighted by atomic mass is 16.7. The average molecular weight is 148 g/mol. The molecule has 4 nitrogen and oxygen atoms in total. The summed E-state index contributed by atoms with van der Waals surface area (Å²) >= 11 is 0. The van der Waals surface area contributed by atoms with Crippen LogP contribution in [0.5, 0.6) is 0 Å². The van der Waals surface area contributed by atoms with E-state index in [1.165, 1.54) is 0 Å². The molecule has 0 aromatic rings. The molecule has 1 fully saturated rings. The average Bonchev–Trinajstić information content (AvgIpc) is 2.38. The quantitative estimate of drug-likeness (QED) is 0.544. The molecule has 10 heavy (non-hydrogen) atoms. The maximum atomic E-state index is 9.18. The van der Waals surface area contributed by atoms with E-state index in [2.05, 4.69) is 0 Å². The number of aliphatic hydroxyl groups is 2.